The van der Waals surface area contributed by atoms with Gasteiger partial charge in [0.15, 0.2) is 0 Å². The summed E-state index contributed by atoms with van der Waals surface area (Å²) >= 11 is 0. The van der Waals surface area contributed by atoms with Crippen molar-refractivity contribution in [3.8, 4) is 5.75 Å². The number of hydrogen-bond donors (Lipinski definition) is 0. The molecule has 0 aliphatic carbocycles. The highest BCUT2D eigenvalue weighted by Crippen LogP contribution is 2.20. The average Bonchev–Trinajstić information content (AvgIpc) is 2.50. The standard InChI is InChI=1S/C18H21NO2/c1-4-19(5-2)15-10-12-16(13-11-15)21-18(20)17-9-7-6-8-14(17)3/h6-13H,4-5H2,1-3H3. The first kappa shape index (κ1) is 15.1. The fourth-order valence-electron chi connectivity index (χ4n) is 2.28. The summed E-state index contributed by atoms with van der Waals surface area (Å²) < 4.78 is 5.43. The summed E-state index contributed by atoms with van der Waals surface area (Å²) in [6.45, 7) is 8.06. The van der Waals surface area contributed by atoms with Crippen molar-refractivity contribution < 1.29 is 9.53 Å². The number of rotatable bonds is 5. The van der Waals surface area contributed by atoms with Crippen LogP contribution in [0.25, 0.3) is 0 Å². The van der Waals surface area contributed by atoms with E-state index in [2.05, 4.69) is 18.7 Å². The third kappa shape index (κ3) is 3.63. The number of aryl methyl sites for hydroxylation is 1. The van der Waals surface area contributed by atoms with Gasteiger partial charge in [0.1, 0.15) is 5.75 Å². The second-order valence-electron chi connectivity index (χ2n) is 4.87. The molecule has 0 aromatic heterocycles. The van der Waals surface area contributed by atoms with Gasteiger partial charge in [-0.2, -0.15) is 0 Å². The molecule has 0 aliphatic heterocycles. The highest BCUT2D eigenvalue weighted by atomic mass is 16.5. The zero-order chi connectivity index (χ0) is 15.2. The summed E-state index contributed by atoms with van der Waals surface area (Å²) in [5, 5.41) is 0. The average molecular weight is 283 g/mol. The van der Waals surface area contributed by atoms with E-state index in [-0.39, 0.29) is 5.97 Å². The first-order valence-corrected chi connectivity index (χ1v) is 7.28. The molecule has 3 nitrogen and oxygen atoms in total. The molecule has 0 radical (unpaired) electrons. The molecule has 2 aromatic rings. The summed E-state index contributed by atoms with van der Waals surface area (Å²) in [6.07, 6.45) is 0. The molecule has 110 valence electrons. The van der Waals surface area contributed by atoms with Crippen LogP contribution in [0.1, 0.15) is 29.8 Å². The van der Waals surface area contributed by atoms with Crippen LogP contribution < -0.4 is 9.64 Å². The lowest BCUT2D eigenvalue weighted by Crippen LogP contribution is -2.21. The minimum Gasteiger partial charge on any atom is -0.423 e. The van der Waals surface area contributed by atoms with Crippen LogP contribution in [0.5, 0.6) is 5.75 Å². The predicted molar refractivity (Wildman–Crippen MR) is 86.1 cm³/mol. The third-order valence-electron chi connectivity index (χ3n) is 3.54. The van der Waals surface area contributed by atoms with Crippen molar-refractivity contribution >= 4 is 11.7 Å². The first-order chi connectivity index (χ1) is 10.2. The molecule has 0 bridgehead atoms. The predicted octanol–water partition coefficient (Wildman–Crippen LogP) is 4.06. The van der Waals surface area contributed by atoms with Crippen LogP contribution in [0.4, 0.5) is 5.69 Å². The van der Waals surface area contributed by atoms with E-state index in [1.54, 1.807) is 6.07 Å². The van der Waals surface area contributed by atoms with Gasteiger partial charge in [0.05, 0.1) is 5.56 Å². The number of anilines is 1. The van der Waals surface area contributed by atoms with Gasteiger partial charge in [0, 0.05) is 18.8 Å². The minimum absolute atomic E-state index is 0.316. The van der Waals surface area contributed by atoms with Crippen LogP contribution in [-0.4, -0.2) is 19.1 Å². The molecule has 2 aromatic carbocycles. The number of ether oxygens (including phenoxy) is 1. The molecule has 0 amide bonds. The molecule has 0 heterocycles. The topological polar surface area (TPSA) is 29.5 Å². The quantitative estimate of drug-likeness (QED) is 0.612. The zero-order valence-electron chi connectivity index (χ0n) is 12.8. The summed E-state index contributed by atoms with van der Waals surface area (Å²) in [7, 11) is 0. The second-order valence-corrected chi connectivity index (χ2v) is 4.87. The van der Waals surface area contributed by atoms with Crippen LogP contribution in [0.2, 0.25) is 0 Å². The molecule has 3 heteroatoms. The highest BCUT2D eigenvalue weighted by Gasteiger charge is 2.11. The Morgan fingerprint density at radius 1 is 1.00 bits per heavy atom. The summed E-state index contributed by atoms with van der Waals surface area (Å²) in [4.78, 5) is 14.4. The van der Waals surface area contributed by atoms with E-state index >= 15 is 0 Å². The third-order valence-corrected chi connectivity index (χ3v) is 3.54. The van der Waals surface area contributed by atoms with Crippen LogP contribution in [-0.2, 0) is 0 Å². The van der Waals surface area contributed by atoms with E-state index < -0.39 is 0 Å². The second kappa shape index (κ2) is 6.93. The lowest BCUT2D eigenvalue weighted by molar-refractivity contribution is 0.0734. The Balaban J connectivity index is 2.10. The molecule has 0 spiro atoms. The number of benzene rings is 2. The maximum atomic E-state index is 12.1. The van der Waals surface area contributed by atoms with Gasteiger partial charge < -0.3 is 9.64 Å². The molecule has 0 aliphatic rings. The van der Waals surface area contributed by atoms with E-state index in [1.807, 2.05) is 49.4 Å². The van der Waals surface area contributed by atoms with Crippen molar-refractivity contribution in [2.45, 2.75) is 20.8 Å². The minimum atomic E-state index is -0.316. The number of carbonyl (C=O) groups is 1. The van der Waals surface area contributed by atoms with Crippen molar-refractivity contribution in [2.24, 2.45) is 0 Å². The highest BCUT2D eigenvalue weighted by molar-refractivity contribution is 5.92. The number of hydrogen-bond acceptors (Lipinski definition) is 3. The summed E-state index contributed by atoms with van der Waals surface area (Å²) in [5.74, 6) is 0.253. The maximum absolute atomic E-state index is 12.1. The zero-order valence-corrected chi connectivity index (χ0v) is 12.8. The van der Waals surface area contributed by atoms with Crippen LogP contribution >= 0.6 is 0 Å². The fraction of sp³-hybridized carbons (Fsp3) is 0.278. The van der Waals surface area contributed by atoms with Crippen molar-refractivity contribution in [1.29, 1.82) is 0 Å². The van der Waals surface area contributed by atoms with Gasteiger partial charge >= 0.3 is 5.97 Å². The van der Waals surface area contributed by atoms with Crippen molar-refractivity contribution in [2.75, 3.05) is 18.0 Å². The molecular weight excluding hydrogens is 262 g/mol. The SMILES string of the molecule is CCN(CC)c1ccc(OC(=O)c2ccccc2C)cc1. The molecule has 0 N–H and O–H groups in total. The van der Waals surface area contributed by atoms with Gasteiger partial charge in [0.2, 0.25) is 0 Å². The molecule has 0 unspecified atom stereocenters. The van der Waals surface area contributed by atoms with E-state index in [9.17, 15) is 4.79 Å². The molecule has 21 heavy (non-hydrogen) atoms. The van der Waals surface area contributed by atoms with Crippen molar-refractivity contribution in [3.63, 3.8) is 0 Å². The lowest BCUT2D eigenvalue weighted by Gasteiger charge is -2.21. The molecular formula is C18H21NO2. The monoisotopic (exact) mass is 283 g/mol. The van der Waals surface area contributed by atoms with Gasteiger partial charge in [-0.1, -0.05) is 18.2 Å². The Morgan fingerprint density at radius 3 is 2.19 bits per heavy atom. The lowest BCUT2D eigenvalue weighted by atomic mass is 10.1. The van der Waals surface area contributed by atoms with Crippen LogP contribution in [0.3, 0.4) is 0 Å². The number of carbonyl (C=O) groups excluding carboxylic acids is 1. The number of nitrogens with zero attached hydrogens (tertiary/aromatic N) is 1. The molecule has 0 fully saturated rings. The van der Waals surface area contributed by atoms with Gasteiger partial charge in [-0.15, -0.1) is 0 Å². The van der Waals surface area contributed by atoms with E-state index in [0.717, 1.165) is 24.3 Å². The molecule has 0 atom stereocenters. The van der Waals surface area contributed by atoms with E-state index in [1.165, 1.54) is 0 Å². The summed E-state index contributed by atoms with van der Waals surface area (Å²) in [5.41, 5.74) is 2.66. The smallest absolute Gasteiger partial charge is 0.343 e. The normalized spacial score (nSPS) is 10.2. The van der Waals surface area contributed by atoms with Crippen LogP contribution in [0.15, 0.2) is 48.5 Å². The summed E-state index contributed by atoms with van der Waals surface area (Å²) in [6, 6.07) is 15.1. The van der Waals surface area contributed by atoms with Crippen molar-refractivity contribution in [3.05, 3.63) is 59.7 Å². The van der Waals surface area contributed by atoms with Gasteiger partial charge in [-0.3, -0.25) is 0 Å². The largest absolute Gasteiger partial charge is 0.423 e. The Bertz CT molecular complexity index is 601. The Kier molecular flexibility index (Phi) is 4.99. The molecule has 0 saturated heterocycles. The Hall–Kier alpha value is -2.29. The van der Waals surface area contributed by atoms with Gasteiger partial charge in [0.25, 0.3) is 0 Å². The van der Waals surface area contributed by atoms with E-state index in [4.69, 9.17) is 4.74 Å². The molecule has 0 saturated carbocycles. The Labute approximate surface area is 126 Å². The maximum Gasteiger partial charge on any atom is 0.343 e. The van der Waals surface area contributed by atoms with Crippen LogP contribution in [0, 0.1) is 6.92 Å². The molecule has 2 rings (SSSR count). The van der Waals surface area contributed by atoms with Gasteiger partial charge in [-0.05, 0) is 56.7 Å². The first-order valence-electron chi connectivity index (χ1n) is 7.28. The fourth-order valence-corrected chi connectivity index (χ4v) is 2.28. The number of esters is 1. The van der Waals surface area contributed by atoms with E-state index in [0.29, 0.717) is 11.3 Å². The van der Waals surface area contributed by atoms with Gasteiger partial charge in [-0.25, -0.2) is 4.79 Å². The Morgan fingerprint density at radius 2 is 1.62 bits per heavy atom. The van der Waals surface area contributed by atoms with Crippen molar-refractivity contribution in [1.82, 2.24) is 0 Å².